The molecule has 4 heterocycles. The highest BCUT2D eigenvalue weighted by molar-refractivity contribution is 5.97. The van der Waals surface area contributed by atoms with Crippen LogP contribution in [0.25, 0.3) is 16.9 Å². The summed E-state index contributed by atoms with van der Waals surface area (Å²) in [6.07, 6.45) is 0. The Morgan fingerprint density at radius 3 is 2.15 bits per heavy atom. The van der Waals surface area contributed by atoms with Gasteiger partial charge in [0.25, 0.3) is 5.91 Å². The van der Waals surface area contributed by atoms with Crippen LogP contribution in [0.4, 0.5) is 0 Å². The standard InChI is InChI=1S/C31H29N3O5/c1-21-25(31(35)33-13-11-32(12-14-33)18-22-7-9-27-29(15-22)38-19-36-27)17-26(23-5-3-2-4-6-23)34(21)24-8-10-28-30(16-24)39-20-37-28/h2-10,15-17H,11-14,18-20H2,1H3. The van der Waals surface area contributed by atoms with Crippen molar-refractivity contribution in [1.82, 2.24) is 14.4 Å². The molecule has 8 nitrogen and oxygen atoms in total. The average molecular weight is 524 g/mol. The molecule has 1 aromatic heterocycles. The summed E-state index contributed by atoms with van der Waals surface area (Å²) in [5, 5.41) is 0. The van der Waals surface area contributed by atoms with Gasteiger partial charge >= 0.3 is 0 Å². The molecule has 4 aromatic rings. The van der Waals surface area contributed by atoms with Crippen LogP contribution >= 0.6 is 0 Å². The largest absolute Gasteiger partial charge is 0.454 e. The van der Waals surface area contributed by atoms with Crippen molar-refractivity contribution < 1.29 is 23.7 Å². The molecule has 1 amide bonds. The van der Waals surface area contributed by atoms with Crippen molar-refractivity contribution in [3.8, 4) is 39.9 Å². The van der Waals surface area contributed by atoms with E-state index in [0.717, 1.165) is 65.1 Å². The maximum absolute atomic E-state index is 13.8. The molecule has 198 valence electrons. The van der Waals surface area contributed by atoms with Crippen LogP contribution in [-0.2, 0) is 6.54 Å². The molecule has 8 heteroatoms. The van der Waals surface area contributed by atoms with Crippen molar-refractivity contribution in [1.29, 1.82) is 0 Å². The summed E-state index contributed by atoms with van der Waals surface area (Å²) in [6.45, 7) is 6.32. The predicted molar refractivity (Wildman–Crippen MR) is 146 cm³/mol. The number of piperazine rings is 1. The van der Waals surface area contributed by atoms with Gasteiger partial charge in [-0.3, -0.25) is 9.69 Å². The molecule has 1 fully saturated rings. The van der Waals surface area contributed by atoms with E-state index in [0.29, 0.717) is 18.8 Å². The van der Waals surface area contributed by atoms with Crippen molar-refractivity contribution in [2.75, 3.05) is 39.8 Å². The van der Waals surface area contributed by atoms with Gasteiger partial charge in [0, 0.05) is 50.2 Å². The summed E-state index contributed by atoms with van der Waals surface area (Å²) < 4.78 is 24.2. The van der Waals surface area contributed by atoms with Gasteiger partial charge in [0.1, 0.15) is 0 Å². The maximum atomic E-state index is 13.8. The molecular formula is C31H29N3O5. The molecule has 0 bridgehead atoms. The van der Waals surface area contributed by atoms with Gasteiger partial charge in [0.15, 0.2) is 23.0 Å². The molecular weight excluding hydrogens is 494 g/mol. The van der Waals surface area contributed by atoms with Gasteiger partial charge in [0.05, 0.1) is 11.3 Å². The van der Waals surface area contributed by atoms with Crippen molar-refractivity contribution >= 4 is 5.91 Å². The Morgan fingerprint density at radius 1 is 0.744 bits per heavy atom. The third-order valence-electron chi connectivity index (χ3n) is 7.66. The molecule has 0 N–H and O–H groups in total. The van der Waals surface area contributed by atoms with Crippen LogP contribution in [0.3, 0.4) is 0 Å². The second kappa shape index (κ2) is 9.71. The number of rotatable bonds is 5. The highest BCUT2D eigenvalue weighted by Gasteiger charge is 2.27. The molecule has 0 atom stereocenters. The summed E-state index contributed by atoms with van der Waals surface area (Å²) in [5.74, 6) is 3.11. The number of benzene rings is 3. The molecule has 0 spiro atoms. The summed E-state index contributed by atoms with van der Waals surface area (Å²) in [7, 11) is 0. The highest BCUT2D eigenvalue weighted by atomic mass is 16.7. The van der Waals surface area contributed by atoms with E-state index in [-0.39, 0.29) is 19.5 Å². The molecule has 3 aromatic carbocycles. The molecule has 39 heavy (non-hydrogen) atoms. The van der Waals surface area contributed by atoms with E-state index < -0.39 is 0 Å². The van der Waals surface area contributed by atoms with E-state index in [4.69, 9.17) is 18.9 Å². The Morgan fingerprint density at radius 2 is 1.41 bits per heavy atom. The average Bonchev–Trinajstić information content (AvgIpc) is 3.71. The number of hydrogen-bond donors (Lipinski definition) is 0. The fourth-order valence-corrected chi connectivity index (χ4v) is 5.58. The lowest BCUT2D eigenvalue weighted by molar-refractivity contribution is 0.0628. The van der Waals surface area contributed by atoms with Crippen LogP contribution in [0.1, 0.15) is 21.6 Å². The summed E-state index contributed by atoms with van der Waals surface area (Å²) in [5.41, 5.74) is 5.75. The topological polar surface area (TPSA) is 65.4 Å². The van der Waals surface area contributed by atoms with Crippen LogP contribution in [-0.4, -0.2) is 60.0 Å². The molecule has 3 aliphatic heterocycles. The van der Waals surface area contributed by atoms with Crippen LogP contribution in [0, 0.1) is 6.92 Å². The zero-order valence-electron chi connectivity index (χ0n) is 21.8. The first-order valence-corrected chi connectivity index (χ1v) is 13.2. The lowest BCUT2D eigenvalue weighted by Crippen LogP contribution is -2.48. The maximum Gasteiger partial charge on any atom is 0.255 e. The summed E-state index contributed by atoms with van der Waals surface area (Å²) >= 11 is 0. The Kier molecular flexibility index (Phi) is 5.89. The number of aromatic nitrogens is 1. The van der Waals surface area contributed by atoms with Crippen LogP contribution in [0.15, 0.2) is 72.8 Å². The SMILES string of the molecule is Cc1c(C(=O)N2CCN(Cc3ccc4c(c3)OCO4)CC2)cc(-c2ccccc2)n1-c1ccc2c(c1)OCO2. The Bertz CT molecular complexity index is 1540. The van der Waals surface area contributed by atoms with E-state index in [9.17, 15) is 4.79 Å². The Balaban J connectivity index is 1.13. The first-order valence-electron chi connectivity index (χ1n) is 13.2. The lowest BCUT2D eigenvalue weighted by atomic mass is 10.1. The minimum absolute atomic E-state index is 0.0619. The molecule has 3 aliphatic rings. The smallest absolute Gasteiger partial charge is 0.255 e. The van der Waals surface area contributed by atoms with Crippen molar-refractivity contribution in [3.63, 3.8) is 0 Å². The summed E-state index contributed by atoms with van der Waals surface area (Å²) in [4.78, 5) is 18.2. The Hall–Kier alpha value is -4.43. The fourth-order valence-electron chi connectivity index (χ4n) is 5.58. The van der Waals surface area contributed by atoms with E-state index >= 15 is 0 Å². The van der Waals surface area contributed by atoms with E-state index in [1.807, 2.05) is 66.4 Å². The minimum atomic E-state index is 0.0619. The van der Waals surface area contributed by atoms with Gasteiger partial charge in [-0.25, -0.2) is 0 Å². The number of hydrogen-bond acceptors (Lipinski definition) is 6. The number of amides is 1. The Labute approximate surface area is 226 Å². The monoisotopic (exact) mass is 523 g/mol. The number of carbonyl (C=O) groups is 1. The van der Waals surface area contributed by atoms with Gasteiger partial charge in [-0.05, 0) is 48.4 Å². The second-order valence-corrected chi connectivity index (χ2v) is 10.0. The van der Waals surface area contributed by atoms with E-state index in [1.165, 1.54) is 5.56 Å². The van der Waals surface area contributed by atoms with Gasteiger partial charge < -0.3 is 28.4 Å². The van der Waals surface area contributed by atoms with Crippen molar-refractivity contribution in [2.45, 2.75) is 13.5 Å². The number of nitrogens with zero attached hydrogens (tertiary/aromatic N) is 3. The fraction of sp³-hybridized carbons (Fsp3) is 0.258. The normalized spacial score (nSPS) is 16.1. The molecule has 7 rings (SSSR count). The highest BCUT2D eigenvalue weighted by Crippen LogP contribution is 2.37. The van der Waals surface area contributed by atoms with Crippen LogP contribution in [0.2, 0.25) is 0 Å². The van der Waals surface area contributed by atoms with Gasteiger partial charge in [-0.15, -0.1) is 0 Å². The third-order valence-corrected chi connectivity index (χ3v) is 7.66. The van der Waals surface area contributed by atoms with Gasteiger partial charge in [0.2, 0.25) is 13.6 Å². The van der Waals surface area contributed by atoms with E-state index in [2.05, 4.69) is 27.7 Å². The zero-order chi connectivity index (χ0) is 26.3. The molecule has 0 saturated carbocycles. The summed E-state index contributed by atoms with van der Waals surface area (Å²) in [6, 6.07) is 24.2. The molecule has 0 unspecified atom stereocenters. The van der Waals surface area contributed by atoms with Crippen molar-refractivity contribution in [3.05, 3.63) is 89.6 Å². The van der Waals surface area contributed by atoms with Crippen LogP contribution < -0.4 is 18.9 Å². The zero-order valence-corrected chi connectivity index (χ0v) is 21.8. The molecule has 0 radical (unpaired) electrons. The third kappa shape index (κ3) is 4.36. The first-order chi connectivity index (χ1) is 19.1. The second-order valence-electron chi connectivity index (χ2n) is 10.0. The number of fused-ring (bicyclic) bond motifs is 2. The lowest BCUT2D eigenvalue weighted by Gasteiger charge is -2.34. The minimum Gasteiger partial charge on any atom is -0.454 e. The van der Waals surface area contributed by atoms with Gasteiger partial charge in [-0.1, -0.05) is 36.4 Å². The first kappa shape index (κ1) is 23.7. The quantitative estimate of drug-likeness (QED) is 0.372. The number of ether oxygens (including phenoxy) is 4. The van der Waals surface area contributed by atoms with Gasteiger partial charge in [-0.2, -0.15) is 0 Å². The predicted octanol–water partition coefficient (Wildman–Crippen LogP) is 4.87. The van der Waals surface area contributed by atoms with Crippen molar-refractivity contribution in [2.24, 2.45) is 0 Å². The van der Waals surface area contributed by atoms with E-state index in [1.54, 1.807) is 0 Å². The molecule has 1 saturated heterocycles. The molecule has 0 aliphatic carbocycles. The number of carbonyl (C=O) groups excluding carboxylic acids is 1. The van der Waals surface area contributed by atoms with Crippen LogP contribution in [0.5, 0.6) is 23.0 Å².